The lowest BCUT2D eigenvalue weighted by Gasteiger charge is -2.43. The highest BCUT2D eigenvalue weighted by molar-refractivity contribution is 5.90. The van der Waals surface area contributed by atoms with Crippen LogP contribution in [0.3, 0.4) is 0 Å². The van der Waals surface area contributed by atoms with Crippen LogP contribution in [0.15, 0.2) is 24.3 Å². The minimum atomic E-state index is -0.0954. The van der Waals surface area contributed by atoms with Crippen molar-refractivity contribution in [1.29, 1.82) is 0 Å². The molecule has 0 saturated carbocycles. The largest absolute Gasteiger partial charge is 0.377 e. The zero-order valence-electron chi connectivity index (χ0n) is 11.3. The number of rotatable bonds is 1. The Morgan fingerprint density at radius 3 is 2.84 bits per heavy atom. The van der Waals surface area contributed by atoms with Gasteiger partial charge in [0.2, 0.25) is 5.95 Å². The molecule has 1 aromatic heterocycles. The number of aromatic nitrogens is 2. The summed E-state index contributed by atoms with van der Waals surface area (Å²) in [7, 11) is 0. The number of anilines is 2. The number of nitrogens with zero attached hydrogens (tertiary/aromatic N) is 3. The first-order valence-corrected chi connectivity index (χ1v) is 6.45. The van der Waals surface area contributed by atoms with Crippen molar-refractivity contribution in [3.8, 4) is 0 Å². The molecule has 0 radical (unpaired) electrons. The molecular formula is C14H18N4O. The van der Waals surface area contributed by atoms with E-state index in [1.165, 1.54) is 0 Å². The van der Waals surface area contributed by atoms with E-state index < -0.39 is 0 Å². The fourth-order valence-electron chi connectivity index (χ4n) is 2.53. The third-order valence-electron chi connectivity index (χ3n) is 3.50. The normalized spacial score (nSPS) is 18.7. The Morgan fingerprint density at radius 1 is 1.26 bits per heavy atom. The Kier molecular flexibility index (Phi) is 2.78. The summed E-state index contributed by atoms with van der Waals surface area (Å²) in [5.74, 6) is 1.22. The number of hydrogen-bond acceptors (Lipinski definition) is 5. The maximum absolute atomic E-state index is 5.84. The summed E-state index contributed by atoms with van der Waals surface area (Å²) in [6, 6.07) is 7.96. The van der Waals surface area contributed by atoms with Crippen LogP contribution in [0.2, 0.25) is 0 Å². The van der Waals surface area contributed by atoms with Gasteiger partial charge >= 0.3 is 0 Å². The van der Waals surface area contributed by atoms with Gasteiger partial charge in [-0.2, -0.15) is 4.98 Å². The molecule has 5 nitrogen and oxygen atoms in total. The maximum atomic E-state index is 5.84. The van der Waals surface area contributed by atoms with Gasteiger partial charge in [-0.15, -0.1) is 0 Å². The van der Waals surface area contributed by atoms with Crippen LogP contribution < -0.4 is 10.6 Å². The average molecular weight is 258 g/mol. The first kappa shape index (κ1) is 12.2. The van der Waals surface area contributed by atoms with Gasteiger partial charge in [-0.25, -0.2) is 4.98 Å². The highest BCUT2D eigenvalue weighted by Crippen LogP contribution is 2.31. The lowest BCUT2D eigenvalue weighted by Crippen LogP contribution is -2.53. The minimum absolute atomic E-state index is 0.0954. The van der Waals surface area contributed by atoms with Crippen LogP contribution in [0, 0.1) is 0 Å². The van der Waals surface area contributed by atoms with Crippen LogP contribution in [0.1, 0.15) is 13.8 Å². The molecule has 3 rings (SSSR count). The summed E-state index contributed by atoms with van der Waals surface area (Å²) >= 11 is 0. The van der Waals surface area contributed by atoms with Crippen molar-refractivity contribution >= 4 is 22.7 Å². The molecular weight excluding hydrogens is 240 g/mol. The molecule has 0 atom stereocenters. The number of nitrogen functional groups attached to an aromatic ring is 1. The van der Waals surface area contributed by atoms with E-state index >= 15 is 0 Å². The van der Waals surface area contributed by atoms with Gasteiger partial charge in [-0.1, -0.05) is 12.1 Å². The number of para-hydroxylation sites is 1. The Labute approximate surface area is 112 Å². The van der Waals surface area contributed by atoms with E-state index in [0.29, 0.717) is 19.2 Å². The lowest BCUT2D eigenvalue weighted by atomic mass is 10.0. The van der Waals surface area contributed by atoms with Crippen molar-refractivity contribution in [2.24, 2.45) is 0 Å². The first-order valence-electron chi connectivity index (χ1n) is 6.45. The number of fused-ring (bicyclic) bond motifs is 1. The molecule has 1 saturated heterocycles. The minimum Gasteiger partial charge on any atom is -0.377 e. The molecule has 0 aliphatic carbocycles. The van der Waals surface area contributed by atoms with Gasteiger partial charge in [0, 0.05) is 11.9 Å². The monoisotopic (exact) mass is 258 g/mol. The van der Waals surface area contributed by atoms with Gasteiger partial charge in [0.15, 0.2) is 0 Å². The van der Waals surface area contributed by atoms with Gasteiger partial charge in [0.1, 0.15) is 5.82 Å². The van der Waals surface area contributed by atoms with Crippen LogP contribution >= 0.6 is 0 Å². The highest BCUT2D eigenvalue weighted by atomic mass is 16.5. The molecule has 19 heavy (non-hydrogen) atoms. The van der Waals surface area contributed by atoms with Crippen molar-refractivity contribution < 1.29 is 4.74 Å². The third kappa shape index (κ3) is 2.10. The van der Waals surface area contributed by atoms with Crippen molar-refractivity contribution in [3.05, 3.63) is 24.3 Å². The molecule has 0 amide bonds. The SMILES string of the molecule is CC1(C)COCCN1c1nc(N)nc2ccccc12. The molecule has 100 valence electrons. The Bertz CT molecular complexity index is 611. The van der Waals surface area contributed by atoms with Gasteiger partial charge < -0.3 is 15.4 Å². The number of ether oxygens (including phenoxy) is 1. The molecule has 1 aliphatic rings. The lowest BCUT2D eigenvalue weighted by molar-refractivity contribution is 0.0641. The number of morpholine rings is 1. The molecule has 1 fully saturated rings. The molecule has 2 heterocycles. The van der Waals surface area contributed by atoms with Gasteiger partial charge in [0.25, 0.3) is 0 Å². The van der Waals surface area contributed by atoms with Crippen molar-refractivity contribution in [1.82, 2.24) is 9.97 Å². The second kappa shape index (κ2) is 4.35. The summed E-state index contributed by atoms with van der Waals surface area (Å²) < 4.78 is 5.56. The molecule has 2 aromatic rings. The Hall–Kier alpha value is -1.88. The van der Waals surface area contributed by atoms with Crippen LogP contribution in [0.4, 0.5) is 11.8 Å². The number of hydrogen-bond donors (Lipinski definition) is 1. The van der Waals surface area contributed by atoms with E-state index in [4.69, 9.17) is 10.5 Å². The average Bonchev–Trinajstić information content (AvgIpc) is 2.37. The van der Waals surface area contributed by atoms with Crippen LogP contribution in [0.5, 0.6) is 0 Å². The summed E-state index contributed by atoms with van der Waals surface area (Å²) in [6.07, 6.45) is 0. The fourth-order valence-corrected chi connectivity index (χ4v) is 2.53. The van der Waals surface area contributed by atoms with E-state index in [1.54, 1.807) is 0 Å². The summed E-state index contributed by atoms with van der Waals surface area (Å²) in [4.78, 5) is 11.0. The Morgan fingerprint density at radius 2 is 2.05 bits per heavy atom. The zero-order chi connectivity index (χ0) is 13.5. The quantitative estimate of drug-likeness (QED) is 0.845. The summed E-state index contributed by atoms with van der Waals surface area (Å²) in [5, 5.41) is 1.03. The molecule has 1 aromatic carbocycles. The van der Waals surface area contributed by atoms with Crippen molar-refractivity contribution in [2.75, 3.05) is 30.4 Å². The highest BCUT2D eigenvalue weighted by Gasteiger charge is 2.32. The second-order valence-electron chi connectivity index (χ2n) is 5.44. The summed E-state index contributed by atoms with van der Waals surface area (Å²) in [6.45, 7) is 6.51. The van der Waals surface area contributed by atoms with Crippen LogP contribution in [-0.2, 0) is 4.74 Å². The number of nitrogens with two attached hydrogens (primary N) is 1. The van der Waals surface area contributed by atoms with Crippen molar-refractivity contribution in [3.63, 3.8) is 0 Å². The van der Waals surface area contributed by atoms with Gasteiger partial charge in [-0.3, -0.25) is 0 Å². The molecule has 2 N–H and O–H groups in total. The van der Waals surface area contributed by atoms with E-state index in [2.05, 4.69) is 28.7 Å². The first-order chi connectivity index (χ1) is 9.08. The predicted molar refractivity (Wildman–Crippen MR) is 76.2 cm³/mol. The Balaban J connectivity index is 2.18. The van der Waals surface area contributed by atoms with Crippen LogP contribution in [0.25, 0.3) is 10.9 Å². The predicted octanol–water partition coefficient (Wildman–Crippen LogP) is 1.83. The van der Waals surface area contributed by atoms with E-state index in [-0.39, 0.29) is 5.54 Å². The number of benzene rings is 1. The molecule has 5 heteroatoms. The van der Waals surface area contributed by atoms with E-state index in [9.17, 15) is 0 Å². The standard InChI is InChI=1S/C14H18N4O/c1-14(2)9-19-8-7-18(14)12-10-5-3-4-6-11(10)16-13(15)17-12/h3-6H,7-9H2,1-2H3,(H2,15,16,17). The zero-order valence-corrected chi connectivity index (χ0v) is 11.3. The third-order valence-corrected chi connectivity index (χ3v) is 3.50. The fraction of sp³-hybridized carbons (Fsp3) is 0.429. The van der Waals surface area contributed by atoms with E-state index in [0.717, 1.165) is 23.3 Å². The van der Waals surface area contributed by atoms with Crippen molar-refractivity contribution in [2.45, 2.75) is 19.4 Å². The van der Waals surface area contributed by atoms with Gasteiger partial charge in [-0.05, 0) is 26.0 Å². The molecule has 0 spiro atoms. The van der Waals surface area contributed by atoms with E-state index in [1.807, 2.05) is 24.3 Å². The molecule has 1 aliphatic heterocycles. The topological polar surface area (TPSA) is 64.3 Å². The molecule has 0 unspecified atom stereocenters. The van der Waals surface area contributed by atoms with Crippen LogP contribution in [-0.4, -0.2) is 35.3 Å². The molecule has 0 bridgehead atoms. The second-order valence-corrected chi connectivity index (χ2v) is 5.44. The maximum Gasteiger partial charge on any atom is 0.222 e. The smallest absolute Gasteiger partial charge is 0.222 e. The summed E-state index contributed by atoms with van der Waals surface area (Å²) in [5.41, 5.74) is 6.63. The van der Waals surface area contributed by atoms with Gasteiger partial charge in [0.05, 0.1) is 24.3 Å².